The van der Waals surface area contributed by atoms with Crippen LogP contribution in [0.2, 0.25) is 0 Å². The van der Waals surface area contributed by atoms with Gasteiger partial charge in [-0.1, -0.05) is 5.11 Å². The van der Waals surface area contributed by atoms with E-state index in [1.807, 2.05) is 0 Å². The normalized spacial score (nSPS) is 14.1. The lowest BCUT2D eigenvalue weighted by molar-refractivity contribution is -0.149. The molecule has 0 rings (SSSR count). The molecule has 12 heavy (non-hydrogen) atoms. The summed E-state index contributed by atoms with van der Waals surface area (Å²) in [6.45, 7) is 0. The fourth-order valence-electron chi connectivity index (χ4n) is 0.464. The van der Waals surface area contributed by atoms with Crippen molar-refractivity contribution >= 4 is 11.9 Å². The minimum absolute atomic E-state index is 0.952. The highest BCUT2D eigenvalue weighted by atomic mass is 16.4. The largest absolute Gasteiger partial charge is 0.481 e. The standard InChI is InChI=1S/C4H6N4O4/c5-4(3(11)12,7-8-6)1-2(9)10/h1,5H2,(H,9,10)(H,11,12)/t4-/m1/s1. The minimum atomic E-state index is -2.40. The van der Waals surface area contributed by atoms with Crippen LogP contribution in [0.25, 0.3) is 10.4 Å². The molecular weight excluding hydrogens is 168 g/mol. The summed E-state index contributed by atoms with van der Waals surface area (Å²) in [6, 6.07) is 0. The van der Waals surface area contributed by atoms with Crippen LogP contribution in [0.15, 0.2) is 5.11 Å². The van der Waals surface area contributed by atoms with Crippen molar-refractivity contribution in [2.24, 2.45) is 10.8 Å². The Labute approximate surface area is 66.2 Å². The molecule has 8 heteroatoms. The van der Waals surface area contributed by atoms with Gasteiger partial charge in [0.15, 0.2) is 0 Å². The lowest BCUT2D eigenvalue weighted by atomic mass is 10.1. The molecule has 0 spiro atoms. The van der Waals surface area contributed by atoms with Crippen molar-refractivity contribution in [3.63, 3.8) is 0 Å². The van der Waals surface area contributed by atoms with Crippen LogP contribution in [0, 0.1) is 0 Å². The van der Waals surface area contributed by atoms with Gasteiger partial charge in [0.1, 0.15) is 0 Å². The molecule has 4 N–H and O–H groups in total. The number of nitrogens with zero attached hydrogens (tertiary/aromatic N) is 3. The smallest absolute Gasteiger partial charge is 0.330 e. The fourth-order valence-corrected chi connectivity index (χ4v) is 0.464. The molecule has 0 aliphatic carbocycles. The third kappa shape index (κ3) is 2.45. The first kappa shape index (κ1) is 10.2. The monoisotopic (exact) mass is 174 g/mol. The molecule has 1 atom stereocenters. The number of carboxylic acid groups (broad SMARTS) is 2. The van der Waals surface area contributed by atoms with Gasteiger partial charge in [-0.05, 0) is 5.53 Å². The number of carboxylic acids is 2. The second kappa shape index (κ2) is 3.56. The maximum absolute atomic E-state index is 10.3. The summed E-state index contributed by atoms with van der Waals surface area (Å²) in [4.78, 5) is 22.5. The number of aliphatic carboxylic acids is 2. The van der Waals surface area contributed by atoms with Gasteiger partial charge in [0.05, 0.1) is 6.42 Å². The molecule has 0 amide bonds. The van der Waals surface area contributed by atoms with Gasteiger partial charge < -0.3 is 15.9 Å². The maximum atomic E-state index is 10.3. The molecule has 0 aliphatic rings. The van der Waals surface area contributed by atoms with Gasteiger partial charge in [-0.3, -0.25) is 9.59 Å². The number of nitrogens with two attached hydrogens (primary N) is 1. The first-order valence-electron chi connectivity index (χ1n) is 2.72. The Hall–Kier alpha value is -1.79. The molecule has 8 nitrogen and oxygen atoms in total. The maximum Gasteiger partial charge on any atom is 0.330 e. The van der Waals surface area contributed by atoms with E-state index in [-0.39, 0.29) is 0 Å². The predicted octanol–water partition coefficient (Wildman–Crippen LogP) is -0.489. The summed E-state index contributed by atoms with van der Waals surface area (Å²) in [5.41, 5.74) is 10.4. The minimum Gasteiger partial charge on any atom is -0.481 e. The molecule has 0 saturated heterocycles. The van der Waals surface area contributed by atoms with Crippen molar-refractivity contribution in [1.82, 2.24) is 0 Å². The Kier molecular flexibility index (Phi) is 3.03. The zero-order valence-corrected chi connectivity index (χ0v) is 5.84. The van der Waals surface area contributed by atoms with Crippen molar-refractivity contribution in [3.8, 4) is 0 Å². The first-order chi connectivity index (χ1) is 5.42. The number of hydrogen-bond acceptors (Lipinski definition) is 4. The highest BCUT2D eigenvalue weighted by molar-refractivity contribution is 5.84. The topological polar surface area (TPSA) is 149 Å². The zero-order chi connectivity index (χ0) is 9.78. The van der Waals surface area contributed by atoms with E-state index in [1.54, 1.807) is 0 Å². The molecule has 0 aromatic heterocycles. The highest BCUT2D eigenvalue weighted by Crippen LogP contribution is 2.09. The van der Waals surface area contributed by atoms with E-state index in [1.165, 1.54) is 0 Å². The molecule has 0 radical (unpaired) electrons. The Balaban J connectivity index is 4.73. The summed E-state index contributed by atoms with van der Waals surface area (Å²) >= 11 is 0. The van der Waals surface area contributed by atoms with Gasteiger partial charge in [-0.2, -0.15) is 0 Å². The van der Waals surface area contributed by atoms with E-state index in [2.05, 4.69) is 10.0 Å². The Morgan fingerprint density at radius 1 is 1.58 bits per heavy atom. The van der Waals surface area contributed by atoms with Gasteiger partial charge in [0, 0.05) is 4.91 Å². The van der Waals surface area contributed by atoms with Crippen LogP contribution in [0.3, 0.4) is 0 Å². The quantitative estimate of drug-likeness (QED) is 0.298. The number of rotatable bonds is 4. The van der Waals surface area contributed by atoms with Crippen molar-refractivity contribution < 1.29 is 19.8 Å². The lowest BCUT2D eigenvalue weighted by Gasteiger charge is -2.14. The van der Waals surface area contributed by atoms with Gasteiger partial charge >= 0.3 is 11.9 Å². The fraction of sp³-hybridized carbons (Fsp3) is 0.500. The Morgan fingerprint density at radius 3 is 2.33 bits per heavy atom. The molecule has 0 aromatic carbocycles. The zero-order valence-electron chi connectivity index (χ0n) is 5.84. The molecule has 0 aliphatic heterocycles. The van der Waals surface area contributed by atoms with Crippen molar-refractivity contribution in [2.75, 3.05) is 0 Å². The molecule has 0 bridgehead atoms. The summed E-state index contributed by atoms with van der Waals surface area (Å²) in [6.07, 6.45) is -0.952. The van der Waals surface area contributed by atoms with Crippen LogP contribution in [-0.4, -0.2) is 27.8 Å². The van der Waals surface area contributed by atoms with E-state index < -0.39 is 24.0 Å². The average molecular weight is 174 g/mol. The summed E-state index contributed by atoms with van der Waals surface area (Å²) in [5.74, 6) is -3.13. The van der Waals surface area contributed by atoms with E-state index in [4.69, 9.17) is 21.5 Å². The van der Waals surface area contributed by atoms with E-state index in [0.717, 1.165) is 0 Å². The number of carbonyl (C=O) groups is 2. The van der Waals surface area contributed by atoms with Crippen LogP contribution in [0.1, 0.15) is 6.42 Å². The van der Waals surface area contributed by atoms with Gasteiger partial charge in [0.2, 0.25) is 5.66 Å². The van der Waals surface area contributed by atoms with Crippen LogP contribution >= 0.6 is 0 Å². The molecule has 0 fully saturated rings. The number of hydrogen-bond donors (Lipinski definition) is 3. The summed E-state index contributed by atoms with van der Waals surface area (Å²) in [7, 11) is 0. The Bertz CT molecular complexity index is 254. The van der Waals surface area contributed by atoms with E-state index >= 15 is 0 Å². The highest BCUT2D eigenvalue weighted by Gasteiger charge is 2.35. The first-order valence-corrected chi connectivity index (χ1v) is 2.72. The van der Waals surface area contributed by atoms with E-state index in [9.17, 15) is 9.59 Å². The van der Waals surface area contributed by atoms with Crippen LogP contribution in [0.5, 0.6) is 0 Å². The summed E-state index contributed by atoms with van der Waals surface area (Å²) in [5, 5.41) is 19.2. The number of azide groups is 1. The average Bonchev–Trinajstić information content (AvgIpc) is 1.85. The van der Waals surface area contributed by atoms with Crippen LogP contribution < -0.4 is 5.73 Å². The third-order valence-corrected chi connectivity index (χ3v) is 1.01. The second-order valence-electron chi connectivity index (χ2n) is 1.99. The summed E-state index contributed by atoms with van der Waals surface area (Å²) < 4.78 is 0. The lowest BCUT2D eigenvalue weighted by Crippen LogP contribution is -2.47. The van der Waals surface area contributed by atoms with Crippen LogP contribution in [-0.2, 0) is 9.59 Å². The van der Waals surface area contributed by atoms with Gasteiger partial charge in [-0.25, -0.2) is 0 Å². The third-order valence-electron chi connectivity index (χ3n) is 1.01. The second-order valence-corrected chi connectivity index (χ2v) is 1.99. The van der Waals surface area contributed by atoms with Gasteiger partial charge in [0.25, 0.3) is 0 Å². The molecular formula is C4H6N4O4. The van der Waals surface area contributed by atoms with Crippen molar-refractivity contribution in [1.29, 1.82) is 0 Å². The SMILES string of the molecule is [N-]=[N+]=N[C@](N)(CC(=O)O)C(=O)O. The molecule has 66 valence electrons. The molecule has 0 aromatic rings. The molecule has 0 heterocycles. The molecule has 0 saturated carbocycles. The van der Waals surface area contributed by atoms with Crippen LogP contribution in [0.4, 0.5) is 0 Å². The predicted molar refractivity (Wildman–Crippen MR) is 36.0 cm³/mol. The molecule has 0 unspecified atom stereocenters. The van der Waals surface area contributed by atoms with E-state index in [0.29, 0.717) is 0 Å². The van der Waals surface area contributed by atoms with Crippen molar-refractivity contribution in [2.45, 2.75) is 12.1 Å². The Morgan fingerprint density at radius 2 is 2.08 bits per heavy atom. The van der Waals surface area contributed by atoms with Crippen molar-refractivity contribution in [3.05, 3.63) is 10.4 Å². The van der Waals surface area contributed by atoms with Gasteiger partial charge in [-0.15, -0.1) is 0 Å².